The Morgan fingerprint density at radius 2 is 2.05 bits per heavy atom. The zero-order chi connectivity index (χ0) is 26.1. The fourth-order valence-corrected chi connectivity index (χ4v) is 7.03. The monoisotopic (exact) mass is 543 g/mol. The minimum absolute atomic E-state index is 0.208. The Balaban J connectivity index is 1.32. The molecule has 4 N–H and O–H groups in total. The van der Waals surface area contributed by atoms with Crippen LogP contribution in [-0.2, 0) is 22.4 Å². The number of carbonyl (C=O) groups excluding carboxylic acids is 2. The van der Waals surface area contributed by atoms with Gasteiger partial charge in [-0.2, -0.15) is 0 Å². The maximum atomic E-state index is 14.0. The minimum Gasteiger partial charge on any atom is -0.352 e. The number of nitrogens with zero attached hydrogens (tertiary/aromatic N) is 2. The number of aromatic amines is 1. The van der Waals surface area contributed by atoms with Crippen LogP contribution >= 0.6 is 22.9 Å². The zero-order valence-corrected chi connectivity index (χ0v) is 22.5. The second kappa shape index (κ2) is 8.86. The van der Waals surface area contributed by atoms with E-state index in [9.17, 15) is 9.59 Å². The third kappa shape index (κ3) is 4.49. The highest BCUT2D eigenvalue weighted by Gasteiger charge is 2.56. The number of nitrogens with two attached hydrogens (primary N) is 1. The van der Waals surface area contributed by atoms with Gasteiger partial charge in [-0.15, -0.1) is 11.3 Å². The van der Waals surface area contributed by atoms with E-state index in [2.05, 4.69) is 27.2 Å². The molecule has 4 unspecified atom stereocenters. The predicted molar refractivity (Wildman–Crippen MR) is 141 cm³/mol. The molecular formula is C26H30ClN5O4S. The summed E-state index contributed by atoms with van der Waals surface area (Å²) in [6, 6.07) is 6.46. The highest BCUT2D eigenvalue weighted by atomic mass is 35.5. The van der Waals surface area contributed by atoms with E-state index in [1.807, 2.05) is 19.9 Å². The Labute approximate surface area is 223 Å². The standard InChI is InChI=1S/C26H30ClN5O4S/c1-25(2)35-18-10-21(31-23(34)24-30-16-6-7-32(3)12-20(16)37-24)26(28,11-19(18)36-25)22(33)17-9-13-8-14(27)4-5-15(13)29-17/h4-5,8-9,18-19,21,29H,6-7,10-12,28H2,1-3H3,(H,31,34). The van der Waals surface area contributed by atoms with Crippen LogP contribution in [0.4, 0.5) is 0 Å². The second-order valence-corrected chi connectivity index (χ2v) is 12.4. The summed E-state index contributed by atoms with van der Waals surface area (Å²) in [6.07, 6.45) is 0.720. The normalized spacial score (nSPS) is 29.2. The summed E-state index contributed by atoms with van der Waals surface area (Å²) in [5, 5.41) is 4.84. The highest BCUT2D eigenvalue weighted by Crippen LogP contribution is 2.41. The van der Waals surface area contributed by atoms with Crippen molar-refractivity contribution in [2.75, 3.05) is 13.6 Å². The average molecular weight is 544 g/mol. The smallest absolute Gasteiger partial charge is 0.280 e. The van der Waals surface area contributed by atoms with Crippen LogP contribution in [0.2, 0.25) is 5.02 Å². The number of H-pyrrole nitrogens is 1. The summed E-state index contributed by atoms with van der Waals surface area (Å²) in [4.78, 5) is 38.5. The average Bonchev–Trinajstić information content (AvgIpc) is 3.51. The molecule has 1 aromatic carbocycles. The number of rotatable bonds is 4. The van der Waals surface area contributed by atoms with Crippen molar-refractivity contribution in [3.05, 3.63) is 50.6 Å². The van der Waals surface area contributed by atoms with Gasteiger partial charge in [-0.1, -0.05) is 11.6 Å². The molecule has 4 atom stereocenters. The number of aromatic nitrogens is 2. The largest absolute Gasteiger partial charge is 0.352 e. The molecule has 3 aromatic rings. The first-order valence-corrected chi connectivity index (χ1v) is 13.7. The number of Topliss-reactive ketones (excluding diaryl/α,β-unsaturated/α-hetero) is 1. The molecule has 0 spiro atoms. The quantitative estimate of drug-likeness (QED) is 0.432. The van der Waals surface area contributed by atoms with Crippen LogP contribution in [0, 0.1) is 0 Å². The van der Waals surface area contributed by atoms with Gasteiger partial charge < -0.3 is 30.4 Å². The van der Waals surface area contributed by atoms with E-state index in [1.54, 1.807) is 18.2 Å². The Kier molecular flexibility index (Phi) is 5.98. The van der Waals surface area contributed by atoms with Crippen molar-refractivity contribution < 1.29 is 19.1 Å². The number of ketones is 1. The molecular weight excluding hydrogens is 514 g/mol. The fraction of sp³-hybridized carbons (Fsp3) is 0.500. The molecule has 9 nitrogen and oxygen atoms in total. The van der Waals surface area contributed by atoms with Crippen molar-refractivity contribution in [1.82, 2.24) is 20.2 Å². The number of hydrogen-bond acceptors (Lipinski definition) is 8. The van der Waals surface area contributed by atoms with Crippen molar-refractivity contribution in [3.8, 4) is 0 Å². The van der Waals surface area contributed by atoms with E-state index in [0.29, 0.717) is 22.1 Å². The second-order valence-electron chi connectivity index (χ2n) is 10.8. The number of hydrogen-bond donors (Lipinski definition) is 3. The maximum absolute atomic E-state index is 14.0. The number of likely N-dealkylation sites (N-methyl/N-ethyl adjacent to an activating group) is 1. The lowest BCUT2D eigenvalue weighted by Gasteiger charge is -2.43. The van der Waals surface area contributed by atoms with Gasteiger partial charge in [0, 0.05) is 46.7 Å². The van der Waals surface area contributed by atoms with Crippen LogP contribution < -0.4 is 11.1 Å². The summed E-state index contributed by atoms with van der Waals surface area (Å²) < 4.78 is 12.2. The molecule has 1 saturated heterocycles. The van der Waals surface area contributed by atoms with Crippen molar-refractivity contribution >= 4 is 45.5 Å². The van der Waals surface area contributed by atoms with Gasteiger partial charge in [-0.05, 0) is 51.6 Å². The highest BCUT2D eigenvalue weighted by molar-refractivity contribution is 7.13. The molecule has 3 aliphatic rings. The van der Waals surface area contributed by atoms with Gasteiger partial charge >= 0.3 is 0 Å². The van der Waals surface area contributed by atoms with Crippen molar-refractivity contribution in [3.63, 3.8) is 0 Å². The third-order valence-electron chi connectivity index (χ3n) is 7.59. The summed E-state index contributed by atoms with van der Waals surface area (Å²) in [7, 11) is 2.05. The van der Waals surface area contributed by atoms with Gasteiger partial charge in [0.25, 0.3) is 5.91 Å². The molecule has 196 valence electrons. The molecule has 2 aromatic heterocycles. The molecule has 6 rings (SSSR count). The minimum atomic E-state index is -1.41. The van der Waals surface area contributed by atoms with E-state index in [1.165, 1.54) is 11.3 Å². The predicted octanol–water partition coefficient (Wildman–Crippen LogP) is 3.26. The number of amides is 1. The summed E-state index contributed by atoms with van der Waals surface area (Å²) in [6.45, 7) is 5.37. The van der Waals surface area contributed by atoms with Gasteiger partial charge in [0.2, 0.25) is 5.78 Å². The summed E-state index contributed by atoms with van der Waals surface area (Å²) in [5.41, 5.74) is 7.65. The van der Waals surface area contributed by atoms with Crippen LogP contribution in [-0.4, -0.2) is 69.7 Å². The van der Waals surface area contributed by atoms with Crippen LogP contribution in [0.1, 0.15) is 57.6 Å². The topological polar surface area (TPSA) is 123 Å². The van der Waals surface area contributed by atoms with Gasteiger partial charge in [0.15, 0.2) is 10.8 Å². The first-order chi connectivity index (χ1) is 17.5. The number of ether oxygens (including phenoxy) is 2. The zero-order valence-electron chi connectivity index (χ0n) is 21.0. The molecule has 37 heavy (non-hydrogen) atoms. The molecule has 0 bridgehead atoms. The van der Waals surface area contributed by atoms with Crippen LogP contribution in [0.15, 0.2) is 24.3 Å². The van der Waals surface area contributed by atoms with E-state index < -0.39 is 17.4 Å². The summed E-state index contributed by atoms with van der Waals surface area (Å²) in [5.74, 6) is -1.41. The number of carbonyl (C=O) groups is 2. The van der Waals surface area contributed by atoms with Gasteiger partial charge in [0.05, 0.1) is 29.6 Å². The number of benzene rings is 1. The Hall–Kier alpha value is -2.34. The van der Waals surface area contributed by atoms with Crippen LogP contribution in [0.25, 0.3) is 10.9 Å². The molecule has 11 heteroatoms. The molecule has 4 heterocycles. The number of thiazole rings is 1. The van der Waals surface area contributed by atoms with Crippen molar-refractivity contribution in [2.45, 2.75) is 69.2 Å². The molecule has 1 amide bonds. The fourth-order valence-electron chi connectivity index (χ4n) is 5.75. The van der Waals surface area contributed by atoms with Crippen molar-refractivity contribution in [2.24, 2.45) is 5.73 Å². The van der Waals surface area contributed by atoms with Gasteiger partial charge in [-0.3, -0.25) is 9.59 Å². The van der Waals surface area contributed by atoms with E-state index in [4.69, 9.17) is 26.8 Å². The lowest BCUT2D eigenvalue weighted by Crippen LogP contribution is -2.68. The lowest BCUT2D eigenvalue weighted by atomic mass is 9.72. The van der Waals surface area contributed by atoms with Gasteiger partial charge in [0.1, 0.15) is 5.54 Å². The molecule has 0 radical (unpaired) electrons. The van der Waals surface area contributed by atoms with E-state index >= 15 is 0 Å². The number of halogens is 1. The van der Waals surface area contributed by atoms with E-state index in [0.717, 1.165) is 41.0 Å². The Bertz CT molecular complexity index is 1400. The first-order valence-electron chi connectivity index (χ1n) is 12.5. The Morgan fingerprint density at radius 1 is 1.27 bits per heavy atom. The first kappa shape index (κ1) is 25.0. The van der Waals surface area contributed by atoms with Gasteiger partial charge in [-0.25, -0.2) is 4.98 Å². The summed E-state index contributed by atoms with van der Waals surface area (Å²) >= 11 is 7.55. The van der Waals surface area contributed by atoms with Crippen molar-refractivity contribution in [1.29, 1.82) is 0 Å². The SMILES string of the molecule is CN1CCc2nc(C(=O)NC3CC4OC(C)(C)OC4CC3(N)C(=O)c3cc4cc(Cl)ccc4[nH]3)sc2C1. The molecule has 1 aliphatic carbocycles. The molecule has 1 saturated carbocycles. The number of nitrogens with one attached hydrogen (secondary N) is 2. The molecule has 2 aliphatic heterocycles. The molecule has 2 fully saturated rings. The number of fused-ring (bicyclic) bond motifs is 3. The lowest BCUT2D eigenvalue weighted by molar-refractivity contribution is -0.145. The maximum Gasteiger partial charge on any atom is 0.280 e. The van der Waals surface area contributed by atoms with Crippen LogP contribution in [0.5, 0.6) is 0 Å². The van der Waals surface area contributed by atoms with E-state index in [-0.39, 0.29) is 30.3 Å². The third-order valence-corrected chi connectivity index (χ3v) is 8.90. The Morgan fingerprint density at radius 3 is 2.86 bits per heavy atom. The van der Waals surface area contributed by atoms with Crippen LogP contribution in [0.3, 0.4) is 0 Å².